The van der Waals surface area contributed by atoms with Gasteiger partial charge in [-0.1, -0.05) is 122 Å². The number of carbonyl (C=O) groups is 2. The van der Waals surface area contributed by atoms with Gasteiger partial charge in [-0.05, 0) is 19.8 Å². The molecule has 0 aromatic rings. The molecular weight excluding hydrogens is 451 g/mol. The smallest absolute Gasteiger partial charge is 0.542 e. The van der Waals surface area contributed by atoms with Gasteiger partial charge in [0.1, 0.15) is 11.9 Å². The Morgan fingerprint density at radius 1 is 0.629 bits per heavy atom. The maximum absolute atomic E-state index is 11.9. The van der Waals surface area contributed by atoms with Crippen molar-refractivity contribution in [1.29, 1.82) is 0 Å². The SMILES string of the molecule is CC(O)C(=O)O.CCCCCCCCCCCC(=O)CCCCCCCCCCCCC[C-]=O.[Na+]. The van der Waals surface area contributed by atoms with Crippen molar-refractivity contribution in [3.8, 4) is 0 Å². The maximum Gasteiger partial charge on any atom is 1.00 e. The summed E-state index contributed by atoms with van der Waals surface area (Å²) in [7, 11) is 0. The van der Waals surface area contributed by atoms with Gasteiger partial charge in [-0.15, -0.1) is 0 Å². The number of unbranched alkanes of at least 4 members (excludes halogenated alkanes) is 19. The summed E-state index contributed by atoms with van der Waals surface area (Å²) in [5, 5.41) is 15.8. The zero-order valence-corrected chi connectivity index (χ0v) is 25.5. The summed E-state index contributed by atoms with van der Waals surface area (Å²) in [4.78, 5) is 31.5. The Bertz CT molecular complexity index is 454. The first-order valence-corrected chi connectivity index (χ1v) is 14.2. The molecule has 0 rings (SSSR count). The Labute approximate surface area is 238 Å². The summed E-state index contributed by atoms with van der Waals surface area (Å²) < 4.78 is 0. The van der Waals surface area contributed by atoms with Crippen LogP contribution in [0.25, 0.3) is 0 Å². The molecule has 0 aliphatic carbocycles. The van der Waals surface area contributed by atoms with E-state index in [0.29, 0.717) is 12.2 Å². The van der Waals surface area contributed by atoms with Crippen LogP contribution in [0.15, 0.2) is 0 Å². The fourth-order valence-corrected chi connectivity index (χ4v) is 3.87. The first kappa shape index (κ1) is 39.3. The molecule has 2 N–H and O–H groups in total. The third kappa shape index (κ3) is 38.5. The average molecular weight is 507 g/mol. The number of hydrogen-bond acceptors (Lipinski definition) is 4. The molecule has 0 amide bonds. The molecule has 0 aliphatic rings. The molecule has 0 aromatic carbocycles. The third-order valence-electron chi connectivity index (χ3n) is 6.15. The van der Waals surface area contributed by atoms with E-state index in [0.717, 1.165) is 32.1 Å². The van der Waals surface area contributed by atoms with Gasteiger partial charge in [-0.3, -0.25) is 11.1 Å². The van der Waals surface area contributed by atoms with Crippen molar-refractivity contribution in [2.45, 2.75) is 168 Å². The molecule has 0 radical (unpaired) electrons. The van der Waals surface area contributed by atoms with Crippen LogP contribution in [-0.2, 0) is 14.4 Å². The van der Waals surface area contributed by atoms with Crippen molar-refractivity contribution in [1.82, 2.24) is 0 Å². The zero-order chi connectivity index (χ0) is 25.7. The van der Waals surface area contributed by atoms with Crippen LogP contribution in [0, 0.1) is 0 Å². The topological polar surface area (TPSA) is 91.7 Å². The van der Waals surface area contributed by atoms with Gasteiger partial charge in [0.15, 0.2) is 0 Å². The Balaban J connectivity index is -0.00000129. The molecule has 0 bridgehead atoms. The summed E-state index contributed by atoms with van der Waals surface area (Å²) in [6.45, 7) is 3.46. The van der Waals surface area contributed by atoms with Crippen LogP contribution >= 0.6 is 0 Å². The number of rotatable bonds is 25. The molecule has 35 heavy (non-hydrogen) atoms. The van der Waals surface area contributed by atoms with Crippen LogP contribution < -0.4 is 29.6 Å². The van der Waals surface area contributed by atoms with Crippen molar-refractivity contribution in [2.24, 2.45) is 0 Å². The summed E-state index contributed by atoms with van der Waals surface area (Å²) in [6.07, 6.45) is 28.6. The van der Waals surface area contributed by atoms with Crippen molar-refractivity contribution in [3.63, 3.8) is 0 Å². The average Bonchev–Trinajstić information content (AvgIpc) is 2.81. The van der Waals surface area contributed by atoms with Crippen LogP contribution in [0.2, 0.25) is 0 Å². The van der Waals surface area contributed by atoms with Crippen molar-refractivity contribution in [2.75, 3.05) is 0 Å². The van der Waals surface area contributed by atoms with Gasteiger partial charge >= 0.3 is 35.5 Å². The van der Waals surface area contributed by atoms with Crippen LogP contribution in [0.4, 0.5) is 0 Å². The summed E-state index contributed by atoms with van der Waals surface area (Å²) >= 11 is 0. The van der Waals surface area contributed by atoms with E-state index in [1.807, 2.05) is 6.29 Å². The monoisotopic (exact) mass is 506 g/mol. The molecule has 0 fully saturated rings. The normalized spacial score (nSPS) is 11.2. The van der Waals surface area contributed by atoms with E-state index in [1.165, 1.54) is 116 Å². The molecule has 202 valence electrons. The predicted octanol–water partition coefficient (Wildman–Crippen LogP) is 5.11. The molecule has 0 aromatic heterocycles. The molecule has 1 atom stereocenters. The number of carboxylic acid groups (broad SMARTS) is 1. The minimum atomic E-state index is -1.23. The van der Waals surface area contributed by atoms with E-state index in [-0.39, 0.29) is 29.6 Å². The van der Waals surface area contributed by atoms with Crippen LogP contribution in [0.3, 0.4) is 0 Å². The molecule has 6 heteroatoms. The molecule has 1 unspecified atom stereocenters. The fourth-order valence-electron chi connectivity index (χ4n) is 3.87. The Morgan fingerprint density at radius 3 is 1.20 bits per heavy atom. The van der Waals surface area contributed by atoms with E-state index < -0.39 is 12.1 Å². The second kappa shape index (κ2) is 33.8. The maximum atomic E-state index is 11.9. The largest absolute Gasteiger partial charge is 1.00 e. The molecule has 0 aliphatic heterocycles. The number of Topliss-reactive ketones (excluding diaryl/α,β-unsaturated/α-hetero) is 1. The number of ketones is 1. The van der Waals surface area contributed by atoms with E-state index in [4.69, 9.17) is 10.2 Å². The molecule has 0 heterocycles. The molecule has 5 nitrogen and oxygen atoms in total. The van der Waals surface area contributed by atoms with Crippen molar-refractivity contribution >= 4 is 18.0 Å². The van der Waals surface area contributed by atoms with Crippen LogP contribution in [-0.4, -0.2) is 34.4 Å². The Hall–Kier alpha value is -0.230. The fraction of sp³-hybridized carbons (Fsp3) is 0.897. The number of aliphatic hydroxyl groups excluding tert-OH is 1. The van der Waals surface area contributed by atoms with E-state index >= 15 is 0 Å². The summed E-state index contributed by atoms with van der Waals surface area (Å²) in [5.74, 6) is -0.690. The number of aliphatic hydroxyl groups is 1. The number of aliphatic carboxylic acids is 1. The van der Waals surface area contributed by atoms with Crippen molar-refractivity contribution < 1.29 is 54.2 Å². The molecule has 0 saturated carbocycles. The molecular formula is C29H55NaO5. The Morgan fingerprint density at radius 2 is 0.914 bits per heavy atom. The summed E-state index contributed by atoms with van der Waals surface area (Å²) in [6, 6.07) is 0. The third-order valence-corrected chi connectivity index (χ3v) is 6.15. The van der Waals surface area contributed by atoms with Gasteiger partial charge < -0.3 is 15.0 Å². The van der Waals surface area contributed by atoms with Crippen LogP contribution in [0.5, 0.6) is 0 Å². The first-order valence-electron chi connectivity index (χ1n) is 14.2. The summed E-state index contributed by atoms with van der Waals surface area (Å²) in [5.41, 5.74) is 0. The van der Waals surface area contributed by atoms with E-state index in [9.17, 15) is 14.4 Å². The molecule has 0 saturated heterocycles. The zero-order valence-electron chi connectivity index (χ0n) is 23.5. The van der Waals surface area contributed by atoms with Gasteiger partial charge in [0, 0.05) is 12.8 Å². The van der Waals surface area contributed by atoms with Gasteiger partial charge in [-0.25, -0.2) is 4.79 Å². The van der Waals surface area contributed by atoms with Crippen molar-refractivity contribution in [3.05, 3.63) is 0 Å². The predicted molar refractivity (Wildman–Crippen MR) is 142 cm³/mol. The van der Waals surface area contributed by atoms with E-state index in [1.54, 1.807) is 0 Å². The number of hydrogen-bond donors (Lipinski definition) is 2. The van der Waals surface area contributed by atoms with Gasteiger partial charge in [0.05, 0.1) is 0 Å². The minimum absolute atomic E-state index is 0. The minimum Gasteiger partial charge on any atom is -0.542 e. The number of carboxylic acids is 1. The van der Waals surface area contributed by atoms with E-state index in [2.05, 4.69) is 6.92 Å². The van der Waals surface area contributed by atoms with Gasteiger partial charge in [-0.2, -0.15) is 6.42 Å². The Kier molecular flexibility index (Phi) is 37.9. The van der Waals surface area contributed by atoms with Gasteiger partial charge in [0.25, 0.3) is 0 Å². The first-order chi connectivity index (χ1) is 16.5. The molecule has 0 spiro atoms. The second-order valence-electron chi connectivity index (χ2n) is 9.66. The van der Waals surface area contributed by atoms with Crippen LogP contribution in [0.1, 0.15) is 162 Å². The van der Waals surface area contributed by atoms with Gasteiger partial charge in [0.2, 0.25) is 0 Å². The quantitative estimate of drug-likeness (QED) is 0.102. The second-order valence-corrected chi connectivity index (χ2v) is 9.66. The standard InChI is InChI=1S/C26H49O2.C3H6O3.Na/c1-2-3-4-5-6-11-14-17-20-23-26(28)24-21-18-15-12-9-7-8-10-13-16-19-22-25-27;1-2(4)3(5)6;/h2-24H2,1H3;2,4H,1H3,(H,5,6);/q-1;;+1. The number of carbonyl (C=O) groups excluding carboxylic acids is 2.